The van der Waals surface area contributed by atoms with Crippen LogP contribution in [0.15, 0.2) is 34.2 Å². The molecule has 0 radical (unpaired) electrons. The largest absolute Gasteiger partial charge is 0.497 e. The van der Waals surface area contributed by atoms with Gasteiger partial charge in [-0.1, -0.05) is 18.7 Å². The maximum Gasteiger partial charge on any atom is 0.122 e. The smallest absolute Gasteiger partial charge is 0.122 e. The normalized spacial score (nSPS) is 10.7. The maximum absolute atomic E-state index is 6.11. The van der Waals surface area contributed by atoms with Crippen LogP contribution in [0.3, 0.4) is 0 Å². The number of nitrogens with zero attached hydrogens (tertiary/aromatic N) is 2. The molecule has 0 bridgehead atoms. The van der Waals surface area contributed by atoms with E-state index >= 15 is 0 Å². The summed E-state index contributed by atoms with van der Waals surface area (Å²) >= 11 is 1.64. The molecule has 0 fully saturated rings. The van der Waals surface area contributed by atoms with Crippen molar-refractivity contribution in [2.24, 2.45) is 0 Å². The first-order chi connectivity index (χ1) is 9.15. The molecule has 5 heteroatoms. The lowest BCUT2D eigenvalue weighted by molar-refractivity contribution is 0.414. The summed E-state index contributed by atoms with van der Waals surface area (Å²) in [4.78, 5) is 1.13. The van der Waals surface area contributed by atoms with Crippen LogP contribution in [0.5, 0.6) is 5.75 Å². The zero-order valence-corrected chi connectivity index (χ0v) is 12.3. The number of rotatable bonds is 5. The molecule has 0 saturated carbocycles. The molecule has 0 aliphatic heterocycles. The van der Waals surface area contributed by atoms with Gasteiger partial charge in [-0.3, -0.25) is 4.68 Å². The van der Waals surface area contributed by atoms with Crippen molar-refractivity contribution in [1.82, 2.24) is 9.78 Å². The average Bonchev–Trinajstić information content (AvgIpc) is 2.68. The minimum atomic E-state index is 0.772. The van der Waals surface area contributed by atoms with Gasteiger partial charge in [0.1, 0.15) is 10.8 Å². The van der Waals surface area contributed by atoms with E-state index in [1.807, 2.05) is 35.9 Å². The molecule has 0 unspecified atom stereocenters. The summed E-state index contributed by atoms with van der Waals surface area (Å²) in [6.07, 6.45) is 1.04. The van der Waals surface area contributed by atoms with E-state index in [0.717, 1.165) is 40.0 Å². The number of hydrogen-bond acceptors (Lipinski definition) is 4. The van der Waals surface area contributed by atoms with Gasteiger partial charge in [-0.25, -0.2) is 0 Å². The summed E-state index contributed by atoms with van der Waals surface area (Å²) in [7, 11) is 1.67. The molecular formula is C14H19N3OS. The predicted molar refractivity (Wildman–Crippen MR) is 78.8 cm³/mol. The zero-order chi connectivity index (χ0) is 13.8. The SMILES string of the molecule is CCCn1nc(C)c(N)c1Sc1ccc(OC)cc1. The van der Waals surface area contributed by atoms with E-state index in [9.17, 15) is 0 Å². The van der Waals surface area contributed by atoms with Crippen molar-refractivity contribution in [3.05, 3.63) is 30.0 Å². The fourth-order valence-corrected chi connectivity index (χ4v) is 2.79. The molecule has 2 rings (SSSR count). The van der Waals surface area contributed by atoms with Gasteiger partial charge in [0.25, 0.3) is 0 Å². The molecular weight excluding hydrogens is 258 g/mol. The fraction of sp³-hybridized carbons (Fsp3) is 0.357. The first-order valence-corrected chi connectivity index (χ1v) is 7.12. The molecule has 1 heterocycles. The highest BCUT2D eigenvalue weighted by Crippen LogP contribution is 2.34. The number of hydrogen-bond donors (Lipinski definition) is 1. The first-order valence-electron chi connectivity index (χ1n) is 6.30. The number of anilines is 1. The number of nitrogens with two attached hydrogens (primary N) is 1. The molecule has 1 aromatic heterocycles. The molecule has 0 aliphatic rings. The molecule has 0 aliphatic carbocycles. The third-order valence-corrected chi connectivity index (χ3v) is 3.97. The minimum absolute atomic E-state index is 0.772. The Balaban J connectivity index is 2.26. The van der Waals surface area contributed by atoms with Gasteiger partial charge < -0.3 is 10.5 Å². The Bertz CT molecular complexity index is 549. The number of ether oxygens (including phenoxy) is 1. The number of benzene rings is 1. The van der Waals surface area contributed by atoms with Crippen LogP contribution >= 0.6 is 11.8 Å². The van der Waals surface area contributed by atoms with Gasteiger partial charge in [-0.15, -0.1) is 0 Å². The van der Waals surface area contributed by atoms with Crippen molar-refractivity contribution in [3.63, 3.8) is 0 Å². The second-order valence-electron chi connectivity index (χ2n) is 4.30. The van der Waals surface area contributed by atoms with Crippen molar-refractivity contribution in [2.75, 3.05) is 12.8 Å². The second kappa shape index (κ2) is 6.02. The lowest BCUT2D eigenvalue weighted by atomic mass is 10.3. The summed E-state index contributed by atoms with van der Waals surface area (Å²) in [5.74, 6) is 0.857. The lowest BCUT2D eigenvalue weighted by Gasteiger charge is -2.07. The van der Waals surface area contributed by atoms with E-state index < -0.39 is 0 Å². The third kappa shape index (κ3) is 3.04. The highest BCUT2D eigenvalue weighted by atomic mass is 32.2. The summed E-state index contributed by atoms with van der Waals surface area (Å²) in [5, 5.41) is 5.49. The third-order valence-electron chi connectivity index (χ3n) is 2.83. The molecule has 1 aromatic carbocycles. The number of aryl methyl sites for hydroxylation is 2. The van der Waals surface area contributed by atoms with Gasteiger partial charge in [-0.05, 0) is 37.6 Å². The number of methoxy groups -OCH3 is 1. The minimum Gasteiger partial charge on any atom is -0.497 e. The van der Waals surface area contributed by atoms with Crippen LogP contribution in [-0.2, 0) is 6.54 Å². The van der Waals surface area contributed by atoms with Gasteiger partial charge in [0.15, 0.2) is 0 Å². The summed E-state index contributed by atoms with van der Waals surface area (Å²) in [6, 6.07) is 7.96. The Morgan fingerprint density at radius 1 is 1.32 bits per heavy atom. The van der Waals surface area contributed by atoms with Crippen LogP contribution in [0, 0.1) is 6.92 Å². The van der Waals surface area contributed by atoms with E-state index in [0.29, 0.717) is 0 Å². The van der Waals surface area contributed by atoms with Gasteiger partial charge in [-0.2, -0.15) is 5.10 Å². The van der Waals surface area contributed by atoms with Crippen LogP contribution in [0.4, 0.5) is 5.69 Å². The van der Waals surface area contributed by atoms with E-state index in [2.05, 4.69) is 12.0 Å². The van der Waals surface area contributed by atoms with Gasteiger partial charge in [0.05, 0.1) is 18.5 Å². The van der Waals surface area contributed by atoms with Crippen molar-refractivity contribution < 1.29 is 4.74 Å². The topological polar surface area (TPSA) is 53.1 Å². The zero-order valence-electron chi connectivity index (χ0n) is 11.5. The number of aromatic nitrogens is 2. The van der Waals surface area contributed by atoms with Gasteiger partial charge in [0.2, 0.25) is 0 Å². The molecule has 0 amide bonds. The van der Waals surface area contributed by atoms with Crippen LogP contribution in [-0.4, -0.2) is 16.9 Å². The Hall–Kier alpha value is -1.62. The standard InChI is InChI=1S/C14H19N3OS/c1-4-9-17-14(13(15)10(2)16-17)19-12-7-5-11(18-3)6-8-12/h5-8H,4,9,15H2,1-3H3. The molecule has 0 atom stereocenters. The van der Waals surface area contributed by atoms with Gasteiger partial charge >= 0.3 is 0 Å². The fourth-order valence-electron chi connectivity index (χ4n) is 1.80. The monoisotopic (exact) mass is 277 g/mol. The molecule has 0 spiro atoms. The van der Waals surface area contributed by atoms with Crippen molar-refractivity contribution in [1.29, 1.82) is 0 Å². The molecule has 0 saturated heterocycles. The molecule has 102 valence electrons. The lowest BCUT2D eigenvalue weighted by Crippen LogP contribution is -2.01. The quantitative estimate of drug-likeness (QED) is 0.910. The average molecular weight is 277 g/mol. The van der Waals surface area contributed by atoms with E-state index in [-0.39, 0.29) is 0 Å². The molecule has 19 heavy (non-hydrogen) atoms. The molecule has 2 N–H and O–H groups in total. The van der Waals surface area contributed by atoms with Crippen LogP contribution in [0.2, 0.25) is 0 Å². The summed E-state index contributed by atoms with van der Waals surface area (Å²) < 4.78 is 7.14. The maximum atomic E-state index is 6.11. The van der Waals surface area contributed by atoms with E-state index in [4.69, 9.17) is 10.5 Å². The van der Waals surface area contributed by atoms with Gasteiger partial charge in [0, 0.05) is 11.4 Å². The Morgan fingerprint density at radius 3 is 2.58 bits per heavy atom. The molecule has 2 aromatic rings. The van der Waals surface area contributed by atoms with Crippen LogP contribution < -0.4 is 10.5 Å². The van der Waals surface area contributed by atoms with E-state index in [1.54, 1.807) is 18.9 Å². The number of nitrogen functional groups attached to an aromatic ring is 1. The van der Waals surface area contributed by atoms with Crippen LogP contribution in [0.1, 0.15) is 19.0 Å². The Labute approximate surface area is 117 Å². The predicted octanol–water partition coefficient (Wildman–Crippen LogP) is 3.34. The summed E-state index contributed by atoms with van der Waals surface area (Å²) in [6.45, 7) is 4.96. The summed E-state index contributed by atoms with van der Waals surface area (Å²) in [5.41, 5.74) is 7.77. The van der Waals surface area contributed by atoms with Crippen molar-refractivity contribution >= 4 is 17.4 Å². The van der Waals surface area contributed by atoms with Crippen molar-refractivity contribution in [3.8, 4) is 5.75 Å². The molecule has 4 nitrogen and oxygen atoms in total. The van der Waals surface area contributed by atoms with Crippen molar-refractivity contribution in [2.45, 2.75) is 36.7 Å². The Kier molecular flexibility index (Phi) is 4.37. The van der Waals surface area contributed by atoms with Crippen LogP contribution in [0.25, 0.3) is 0 Å². The Morgan fingerprint density at radius 2 is 2.00 bits per heavy atom. The first kappa shape index (κ1) is 13.8. The highest BCUT2D eigenvalue weighted by Gasteiger charge is 2.13. The highest BCUT2D eigenvalue weighted by molar-refractivity contribution is 7.99. The van der Waals surface area contributed by atoms with E-state index in [1.165, 1.54) is 0 Å². The second-order valence-corrected chi connectivity index (χ2v) is 5.37.